The van der Waals surface area contributed by atoms with Crippen LogP contribution in [-0.4, -0.2) is 4.57 Å². The molecule has 3 aliphatic carbocycles. The fraction of sp³-hybridized carbons (Fsp3) is 0.148. The van der Waals surface area contributed by atoms with Gasteiger partial charge >= 0.3 is 0 Å². The van der Waals surface area contributed by atoms with Crippen molar-refractivity contribution in [3.05, 3.63) is 204 Å². The van der Waals surface area contributed by atoms with Gasteiger partial charge in [0.05, 0.1) is 11.0 Å². The fourth-order valence-corrected chi connectivity index (χ4v) is 10.4. The number of hydrogen-bond acceptors (Lipinski definition) is 1. The van der Waals surface area contributed by atoms with E-state index >= 15 is 0 Å². The molecule has 3 aliphatic rings. The molecule has 0 spiro atoms. The second-order valence-electron chi connectivity index (χ2n) is 17.0. The molecule has 7 aromatic carbocycles. The lowest BCUT2D eigenvalue weighted by atomic mass is 9.74. The molecule has 0 radical (unpaired) electrons. The molecule has 0 N–H and O–H groups in total. The van der Waals surface area contributed by atoms with Crippen LogP contribution in [0.4, 0.5) is 11.4 Å². The third-order valence-electron chi connectivity index (χ3n) is 13.3. The van der Waals surface area contributed by atoms with Gasteiger partial charge in [0.1, 0.15) is 0 Å². The van der Waals surface area contributed by atoms with Gasteiger partial charge in [0.25, 0.3) is 0 Å². The average molecular weight is 721 g/mol. The Hall–Kier alpha value is -6.38. The topological polar surface area (TPSA) is 8.17 Å². The van der Waals surface area contributed by atoms with Gasteiger partial charge in [-0.15, -0.1) is 0 Å². The fourth-order valence-electron chi connectivity index (χ4n) is 10.4. The highest BCUT2D eigenvalue weighted by Crippen LogP contribution is 2.55. The largest absolute Gasteiger partial charge is 0.314 e. The van der Waals surface area contributed by atoms with Crippen molar-refractivity contribution < 1.29 is 0 Å². The van der Waals surface area contributed by atoms with Crippen molar-refractivity contribution in [1.82, 2.24) is 4.57 Å². The second-order valence-corrected chi connectivity index (χ2v) is 17.0. The molecular formula is C54H44N2. The van der Waals surface area contributed by atoms with Gasteiger partial charge in [-0.05, 0) is 129 Å². The lowest BCUT2D eigenvalue weighted by Gasteiger charge is -2.36. The van der Waals surface area contributed by atoms with E-state index in [1.807, 2.05) is 0 Å². The molecule has 0 saturated heterocycles. The first-order chi connectivity index (χ1) is 27.3. The Labute approximate surface area is 329 Å². The smallest absolute Gasteiger partial charge is 0.0541 e. The normalized spacial score (nSPS) is 17.2. The van der Waals surface area contributed by atoms with E-state index in [-0.39, 0.29) is 10.8 Å². The maximum atomic E-state index is 2.53. The lowest BCUT2D eigenvalue weighted by Crippen LogP contribution is -2.29. The molecule has 1 atom stereocenters. The van der Waals surface area contributed by atoms with Gasteiger partial charge in [-0.3, -0.25) is 0 Å². The van der Waals surface area contributed by atoms with Crippen LogP contribution >= 0.6 is 0 Å². The van der Waals surface area contributed by atoms with E-state index < -0.39 is 0 Å². The molecule has 0 fully saturated rings. The number of aromatic nitrogens is 1. The monoisotopic (exact) mass is 720 g/mol. The van der Waals surface area contributed by atoms with E-state index in [1.165, 1.54) is 94.6 Å². The molecule has 0 amide bonds. The van der Waals surface area contributed by atoms with Crippen molar-refractivity contribution in [2.45, 2.75) is 44.9 Å². The van der Waals surface area contributed by atoms with E-state index in [1.54, 1.807) is 0 Å². The minimum atomic E-state index is -0.0805. The Morgan fingerprint density at radius 2 is 1.14 bits per heavy atom. The molecule has 2 nitrogen and oxygen atoms in total. The summed E-state index contributed by atoms with van der Waals surface area (Å²) in [7, 11) is 0. The zero-order valence-corrected chi connectivity index (χ0v) is 32.4. The van der Waals surface area contributed by atoms with E-state index in [9.17, 15) is 0 Å². The first-order valence-corrected chi connectivity index (χ1v) is 20.0. The maximum absolute atomic E-state index is 2.53. The van der Waals surface area contributed by atoms with Crippen molar-refractivity contribution in [3.63, 3.8) is 0 Å². The van der Waals surface area contributed by atoms with E-state index in [0.29, 0.717) is 5.92 Å². The predicted octanol–water partition coefficient (Wildman–Crippen LogP) is 14.2. The Kier molecular flexibility index (Phi) is 7.11. The van der Waals surface area contributed by atoms with Crippen molar-refractivity contribution in [2.75, 3.05) is 4.90 Å². The molecule has 0 aliphatic heterocycles. The minimum Gasteiger partial charge on any atom is -0.314 e. The van der Waals surface area contributed by atoms with Gasteiger partial charge in [0, 0.05) is 38.9 Å². The molecule has 11 rings (SSSR count). The summed E-state index contributed by atoms with van der Waals surface area (Å²) in [6.45, 7) is 9.62. The molecule has 1 aromatic heterocycles. The SMILES string of the molecule is CC1(C)c2ccccc2-c2ccc(N(C3=CC=C4c5ccccc5C(C)(C)C4C3)c3ccc(-c4ccc5c(c4)c4ccccc4n5-c4ccccc4)cc3)cc21. The number of anilines is 2. The predicted molar refractivity (Wildman–Crippen MR) is 236 cm³/mol. The van der Waals surface area contributed by atoms with E-state index in [4.69, 9.17) is 0 Å². The summed E-state index contributed by atoms with van der Waals surface area (Å²) in [5, 5.41) is 2.54. The number of rotatable bonds is 5. The van der Waals surface area contributed by atoms with Crippen molar-refractivity contribution in [2.24, 2.45) is 5.92 Å². The zero-order chi connectivity index (χ0) is 37.8. The van der Waals surface area contributed by atoms with Gasteiger partial charge in [-0.2, -0.15) is 0 Å². The van der Waals surface area contributed by atoms with Crippen LogP contribution in [0.3, 0.4) is 0 Å². The third kappa shape index (κ3) is 4.75. The van der Waals surface area contributed by atoms with Crippen molar-refractivity contribution in [1.29, 1.82) is 0 Å². The highest BCUT2D eigenvalue weighted by Gasteiger charge is 2.44. The van der Waals surface area contributed by atoms with Gasteiger partial charge in [0.2, 0.25) is 0 Å². The molecule has 270 valence electrons. The van der Waals surface area contributed by atoms with Gasteiger partial charge in [0.15, 0.2) is 0 Å². The Morgan fingerprint density at radius 1 is 0.500 bits per heavy atom. The second kappa shape index (κ2) is 12.1. The molecule has 56 heavy (non-hydrogen) atoms. The quantitative estimate of drug-likeness (QED) is 0.172. The van der Waals surface area contributed by atoms with Crippen LogP contribution in [0.25, 0.3) is 55.3 Å². The highest BCUT2D eigenvalue weighted by atomic mass is 15.1. The Balaban J connectivity index is 1.02. The number of fused-ring (bicyclic) bond motifs is 9. The Morgan fingerprint density at radius 3 is 1.96 bits per heavy atom. The molecule has 8 aromatic rings. The van der Waals surface area contributed by atoms with Crippen LogP contribution < -0.4 is 4.90 Å². The van der Waals surface area contributed by atoms with Gasteiger partial charge in [-0.25, -0.2) is 0 Å². The van der Waals surface area contributed by atoms with E-state index in [0.717, 1.165) is 6.42 Å². The average Bonchev–Trinajstić information content (AvgIpc) is 3.78. The van der Waals surface area contributed by atoms with Gasteiger partial charge < -0.3 is 9.47 Å². The van der Waals surface area contributed by atoms with Crippen LogP contribution in [0.5, 0.6) is 0 Å². The van der Waals surface area contributed by atoms with Crippen LogP contribution in [0.15, 0.2) is 182 Å². The molecule has 0 saturated carbocycles. The minimum absolute atomic E-state index is 0.0430. The zero-order valence-electron chi connectivity index (χ0n) is 32.4. The lowest BCUT2D eigenvalue weighted by molar-refractivity contribution is 0.406. The van der Waals surface area contributed by atoms with Crippen LogP contribution in [-0.2, 0) is 10.8 Å². The Bertz CT molecular complexity index is 2930. The van der Waals surface area contributed by atoms with Gasteiger partial charge in [-0.1, -0.05) is 143 Å². The highest BCUT2D eigenvalue weighted by molar-refractivity contribution is 6.10. The summed E-state index contributed by atoms with van der Waals surface area (Å²) in [4.78, 5) is 2.53. The molecular weight excluding hydrogens is 677 g/mol. The summed E-state index contributed by atoms with van der Waals surface area (Å²) in [5.41, 5.74) is 19.6. The number of nitrogens with zero attached hydrogens (tertiary/aromatic N) is 2. The van der Waals surface area contributed by atoms with Crippen molar-refractivity contribution in [3.8, 4) is 27.9 Å². The summed E-state index contributed by atoms with van der Waals surface area (Å²) >= 11 is 0. The molecule has 1 heterocycles. The number of para-hydroxylation sites is 2. The first kappa shape index (κ1) is 33.0. The van der Waals surface area contributed by atoms with E-state index in [2.05, 4.69) is 213 Å². The standard InChI is InChI=1S/C54H44N2/c1-53(2)47-19-11-8-16-41(47)43-29-27-39(33-49(43)53)55(40-28-30-44-42-17-9-12-20-48(42)54(3,4)50(44)34-40)38-25-22-35(23-26-38)36-24-31-52-46(32-36)45-18-10-13-21-51(45)56(52)37-14-6-5-7-15-37/h5-33,50H,34H2,1-4H3. The summed E-state index contributed by atoms with van der Waals surface area (Å²) in [6, 6.07) is 60.8. The molecule has 1 unspecified atom stereocenters. The number of allylic oxidation sites excluding steroid dienone is 4. The summed E-state index contributed by atoms with van der Waals surface area (Å²) in [6.07, 6.45) is 5.77. The molecule has 0 bridgehead atoms. The van der Waals surface area contributed by atoms with Crippen molar-refractivity contribution >= 4 is 38.8 Å². The number of benzene rings is 7. The number of hydrogen-bond donors (Lipinski definition) is 0. The van der Waals surface area contributed by atoms with Crippen LogP contribution in [0.2, 0.25) is 0 Å². The van der Waals surface area contributed by atoms with Crippen LogP contribution in [0, 0.1) is 5.92 Å². The third-order valence-corrected chi connectivity index (χ3v) is 13.3. The summed E-state index contributed by atoms with van der Waals surface area (Å²) < 4.78 is 2.38. The van der Waals surface area contributed by atoms with Crippen LogP contribution in [0.1, 0.15) is 56.4 Å². The molecule has 2 heteroatoms. The first-order valence-electron chi connectivity index (χ1n) is 20.0. The maximum Gasteiger partial charge on any atom is 0.0541 e. The summed E-state index contributed by atoms with van der Waals surface area (Å²) in [5.74, 6) is 0.404.